The van der Waals surface area contributed by atoms with Gasteiger partial charge in [0.1, 0.15) is 0 Å². The minimum absolute atomic E-state index is 0.0620. The van der Waals surface area contributed by atoms with Crippen LogP contribution in [0.25, 0.3) is 0 Å². The fourth-order valence-electron chi connectivity index (χ4n) is 3.27. The maximum absolute atomic E-state index is 10.2. The summed E-state index contributed by atoms with van der Waals surface area (Å²) in [6, 6.07) is 1.15. The van der Waals surface area contributed by atoms with Crippen LogP contribution in [-0.4, -0.2) is 34.7 Å². The molecule has 1 aliphatic heterocycles. The van der Waals surface area contributed by atoms with E-state index in [1.807, 2.05) is 0 Å². The highest BCUT2D eigenvalue weighted by molar-refractivity contribution is 4.86. The molecule has 3 unspecified atom stereocenters. The molecular formula is C13H25NO. The van der Waals surface area contributed by atoms with E-state index < -0.39 is 0 Å². The van der Waals surface area contributed by atoms with Crippen molar-refractivity contribution < 1.29 is 5.11 Å². The Balaban J connectivity index is 1.98. The van der Waals surface area contributed by atoms with Crippen LogP contribution in [0.15, 0.2) is 0 Å². The second kappa shape index (κ2) is 5.31. The molecule has 15 heavy (non-hydrogen) atoms. The standard InChI is InChI=1S/C13H25NO/c1-11-7-5-6-10-14(11)12-8-3-2-4-9-13(12)15/h11-13,15H,2-10H2,1H3. The molecule has 1 aliphatic carbocycles. The van der Waals surface area contributed by atoms with Crippen molar-refractivity contribution in [2.24, 2.45) is 0 Å². The monoisotopic (exact) mass is 211 g/mol. The van der Waals surface area contributed by atoms with E-state index in [1.165, 1.54) is 51.5 Å². The Labute approximate surface area is 93.7 Å². The molecule has 0 amide bonds. The first kappa shape index (κ1) is 11.4. The molecule has 1 heterocycles. The summed E-state index contributed by atoms with van der Waals surface area (Å²) >= 11 is 0. The van der Waals surface area contributed by atoms with Gasteiger partial charge in [-0.2, -0.15) is 0 Å². The molecule has 0 aromatic heterocycles. The van der Waals surface area contributed by atoms with Gasteiger partial charge in [0.25, 0.3) is 0 Å². The smallest absolute Gasteiger partial charge is 0.0695 e. The number of hydrogen-bond donors (Lipinski definition) is 1. The van der Waals surface area contributed by atoms with E-state index in [9.17, 15) is 5.11 Å². The molecule has 0 spiro atoms. The Hall–Kier alpha value is -0.0800. The lowest BCUT2D eigenvalue weighted by Crippen LogP contribution is -2.49. The van der Waals surface area contributed by atoms with E-state index in [0.29, 0.717) is 12.1 Å². The molecule has 2 heteroatoms. The first-order valence-electron chi connectivity index (χ1n) is 6.73. The van der Waals surface area contributed by atoms with Crippen molar-refractivity contribution in [1.82, 2.24) is 4.90 Å². The average molecular weight is 211 g/mol. The molecule has 2 aliphatic rings. The highest BCUT2D eigenvalue weighted by Gasteiger charge is 2.31. The Morgan fingerprint density at radius 3 is 2.47 bits per heavy atom. The van der Waals surface area contributed by atoms with Gasteiger partial charge in [0, 0.05) is 12.1 Å². The molecule has 0 bridgehead atoms. The Morgan fingerprint density at radius 2 is 1.67 bits per heavy atom. The van der Waals surface area contributed by atoms with Crippen LogP contribution in [0.4, 0.5) is 0 Å². The van der Waals surface area contributed by atoms with Crippen LogP contribution >= 0.6 is 0 Å². The fraction of sp³-hybridized carbons (Fsp3) is 1.00. The topological polar surface area (TPSA) is 23.5 Å². The van der Waals surface area contributed by atoms with Crippen LogP contribution in [0.3, 0.4) is 0 Å². The summed E-state index contributed by atoms with van der Waals surface area (Å²) in [4.78, 5) is 2.58. The molecule has 88 valence electrons. The molecule has 2 rings (SSSR count). The van der Waals surface area contributed by atoms with Crippen LogP contribution in [0.5, 0.6) is 0 Å². The molecule has 2 nitrogen and oxygen atoms in total. The zero-order chi connectivity index (χ0) is 10.7. The van der Waals surface area contributed by atoms with Gasteiger partial charge >= 0.3 is 0 Å². The fourth-order valence-corrected chi connectivity index (χ4v) is 3.27. The minimum Gasteiger partial charge on any atom is -0.391 e. The van der Waals surface area contributed by atoms with Crippen molar-refractivity contribution in [3.8, 4) is 0 Å². The second-order valence-corrected chi connectivity index (χ2v) is 5.36. The zero-order valence-corrected chi connectivity index (χ0v) is 9.99. The summed E-state index contributed by atoms with van der Waals surface area (Å²) in [6.45, 7) is 3.54. The highest BCUT2D eigenvalue weighted by atomic mass is 16.3. The van der Waals surface area contributed by atoms with Gasteiger partial charge in [0.15, 0.2) is 0 Å². The minimum atomic E-state index is -0.0620. The second-order valence-electron chi connectivity index (χ2n) is 5.36. The lowest BCUT2D eigenvalue weighted by Gasteiger charge is -2.41. The first-order valence-corrected chi connectivity index (χ1v) is 6.73. The van der Waals surface area contributed by atoms with Crippen LogP contribution in [0, 0.1) is 0 Å². The molecule has 0 aromatic rings. The normalized spacial score (nSPS) is 40.0. The van der Waals surface area contributed by atoms with Crippen molar-refractivity contribution in [2.45, 2.75) is 76.5 Å². The third-order valence-corrected chi connectivity index (χ3v) is 4.22. The maximum Gasteiger partial charge on any atom is 0.0695 e. The predicted molar refractivity (Wildman–Crippen MR) is 62.9 cm³/mol. The van der Waals surface area contributed by atoms with E-state index in [4.69, 9.17) is 0 Å². The van der Waals surface area contributed by atoms with Crippen LogP contribution in [-0.2, 0) is 0 Å². The molecular weight excluding hydrogens is 186 g/mol. The number of aliphatic hydroxyl groups excluding tert-OH is 1. The molecule has 0 radical (unpaired) electrons. The summed E-state index contributed by atoms with van der Waals surface area (Å²) in [5.41, 5.74) is 0. The third-order valence-electron chi connectivity index (χ3n) is 4.22. The van der Waals surface area contributed by atoms with Crippen LogP contribution < -0.4 is 0 Å². The van der Waals surface area contributed by atoms with E-state index in [1.54, 1.807) is 0 Å². The van der Waals surface area contributed by atoms with Crippen molar-refractivity contribution >= 4 is 0 Å². The molecule has 3 atom stereocenters. The predicted octanol–water partition coefficient (Wildman–Crippen LogP) is 2.55. The van der Waals surface area contributed by atoms with Gasteiger partial charge in [-0.05, 0) is 39.2 Å². The molecule has 1 N–H and O–H groups in total. The number of rotatable bonds is 1. The molecule has 1 saturated heterocycles. The average Bonchev–Trinajstić information content (AvgIpc) is 2.44. The molecule has 1 saturated carbocycles. The van der Waals surface area contributed by atoms with Crippen molar-refractivity contribution in [3.05, 3.63) is 0 Å². The maximum atomic E-state index is 10.2. The van der Waals surface area contributed by atoms with E-state index in [2.05, 4.69) is 11.8 Å². The summed E-state index contributed by atoms with van der Waals surface area (Å²) in [5, 5.41) is 10.2. The first-order chi connectivity index (χ1) is 7.29. The largest absolute Gasteiger partial charge is 0.391 e. The summed E-state index contributed by atoms with van der Waals surface area (Å²) in [6.07, 6.45) is 10.0. The van der Waals surface area contributed by atoms with Gasteiger partial charge in [0.05, 0.1) is 6.10 Å². The number of piperidine rings is 1. The summed E-state index contributed by atoms with van der Waals surface area (Å²) < 4.78 is 0. The Morgan fingerprint density at radius 1 is 0.933 bits per heavy atom. The number of likely N-dealkylation sites (tertiary alicyclic amines) is 1. The van der Waals surface area contributed by atoms with Gasteiger partial charge < -0.3 is 5.11 Å². The van der Waals surface area contributed by atoms with Crippen LogP contribution in [0.1, 0.15) is 58.3 Å². The van der Waals surface area contributed by atoms with Gasteiger partial charge in [-0.1, -0.05) is 25.7 Å². The highest BCUT2D eigenvalue weighted by Crippen LogP contribution is 2.27. The van der Waals surface area contributed by atoms with Gasteiger partial charge in [-0.3, -0.25) is 4.90 Å². The quantitative estimate of drug-likeness (QED) is 0.674. The number of nitrogens with zero attached hydrogens (tertiary/aromatic N) is 1. The summed E-state index contributed by atoms with van der Waals surface area (Å²) in [7, 11) is 0. The van der Waals surface area contributed by atoms with Crippen LogP contribution in [0.2, 0.25) is 0 Å². The van der Waals surface area contributed by atoms with Crippen molar-refractivity contribution in [1.29, 1.82) is 0 Å². The van der Waals surface area contributed by atoms with Crippen molar-refractivity contribution in [3.63, 3.8) is 0 Å². The van der Waals surface area contributed by atoms with E-state index in [0.717, 1.165) is 6.42 Å². The summed E-state index contributed by atoms with van der Waals surface area (Å²) in [5.74, 6) is 0. The van der Waals surface area contributed by atoms with Gasteiger partial charge in [-0.25, -0.2) is 0 Å². The Bertz CT molecular complexity index is 195. The number of aliphatic hydroxyl groups is 1. The van der Waals surface area contributed by atoms with Gasteiger partial charge in [0.2, 0.25) is 0 Å². The number of hydrogen-bond acceptors (Lipinski definition) is 2. The van der Waals surface area contributed by atoms with E-state index >= 15 is 0 Å². The lowest BCUT2D eigenvalue weighted by atomic mass is 9.96. The zero-order valence-electron chi connectivity index (χ0n) is 9.99. The molecule has 2 fully saturated rings. The molecule has 0 aromatic carbocycles. The third kappa shape index (κ3) is 2.73. The van der Waals surface area contributed by atoms with Gasteiger partial charge in [-0.15, -0.1) is 0 Å². The van der Waals surface area contributed by atoms with Crippen molar-refractivity contribution in [2.75, 3.05) is 6.54 Å². The Kier molecular flexibility index (Phi) is 4.04. The SMILES string of the molecule is CC1CCCCN1C1CCCCCC1O. The van der Waals surface area contributed by atoms with E-state index in [-0.39, 0.29) is 6.10 Å². The lowest BCUT2D eigenvalue weighted by molar-refractivity contribution is 0.00908.